The number of ether oxygens (including phenoxy) is 1. The first-order valence-corrected chi connectivity index (χ1v) is 8.17. The molecule has 0 bridgehead atoms. The predicted molar refractivity (Wildman–Crippen MR) is 96.3 cm³/mol. The van der Waals surface area contributed by atoms with E-state index >= 15 is 0 Å². The lowest BCUT2D eigenvalue weighted by molar-refractivity contribution is 0.415. The third-order valence-electron chi connectivity index (χ3n) is 3.34. The Morgan fingerprint density at radius 3 is 2.56 bits per heavy atom. The van der Waals surface area contributed by atoms with Gasteiger partial charge in [0.2, 0.25) is 0 Å². The molecule has 5 nitrogen and oxygen atoms in total. The Kier molecular flexibility index (Phi) is 5.02. The zero-order valence-corrected chi connectivity index (χ0v) is 14.0. The van der Waals surface area contributed by atoms with Crippen molar-refractivity contribution in [1.29, 1.82) is 5.26 Å². The van der Waals surface area contributed by atoms with E-state index in [0.29, 0.717) is 10.7 Å². The minimum Gasteiger partial charge on any atom is -0.497 e. The van der Waals surface area contributed by atoms with E-state index in [4.69, 9.17) is 4.74 Å². The normalized spacial score (nSPS) is 11.0. The third kappa shape index (κ3) is 4.00. The van der Waals surface area contributed by atoms with E-state index in [2.05, 4.69) is 15.5 Å². The first kappa shape index (κ1) is 16.6. The fourth-order valence-corrected chi connectivity index (χ4v) is 2.81. The van der Waals surface area contributed by atoms with Gasteiger partial charge in [0.05, 0.1) is 18.5 Å². The summed E-state index contributed by atoms with van der Waals surface area (Å²) in [7, 11) is 1.61. The lowest BCUT2D eigenvalue weighted by Gasteiger charge is -2.01. The van der Waals surface area contributed by atoms with E-state index in [1.807, 2.05) is 35.7 Å². The summed E-state index contributed by atoms with van der Waals surface area (Å²) >= 11 is 1.33. The number of rotatable bonds is 5. The first-order chi connectivity index (χ1) is 12.2. The van der Waals surface area contributed by atoms with Crippen LogP contribution in [-0.2, 0) is 0 Å². The molecule has 0 spiro atoms. The number of thiazole rings is 1. The summed E-state index contributed by atoms with van der Waals surface area (Å²) in [6.45, 7) is 0. The molecule has 1 heterocycles. The highest BCUT2D eigenvalue weighted by molar-refractivity contribution is 7.12. The van der Waals surface area contributed by atoms with E-state index in [1.165, 1.54) is 23.5 Å². The van der Waals surface area contributed by atoms with Crippen LogP contribution in [0.1, 0.15) is 5.01 Å². The average molecular weight is 352 g/mol. The molecular weight excluding hydrogens is 339 g/mol. The van der Waals surface area contributed by atoms with E-state index < -0.39 is 0 Å². The fraction of sp³-hybridized carbons (Fsp3) is 0.0556. The molecule has 2 aromatic carbocycles. The van der Waals surface area contributed by atoms with Crippen LogP contribution in [0.2, 0.25) is 0 Å². The molecule has 1 aromatic heterocycles. The lowest BCUT2D eigenvalue weighted by Crippen LogP contribution is -2.01. The molecule has 3 rings (SSSR count). The van der Waals surface area contributed by atoms with Crippen LogP contribution in [0, 0.1) is 17.1 Å². The number of nitriles is 1. The maximum absolute atomic E-state index is 12.9. The van der Waals surface area contributed by atoms with Crippen molar-refractivity contribution in [3.8, 4) is 23.1 Å². The first-order valence-electron chi connectivity index (χ1n) is 7.29. The molecule has 0 aliphatic carbocycles. The largest absolute Gasteiger partial charge is 0.497 e. The molecule has 124 valence electrons. The van der Waals surface area contributed by atoms with Gasteiger partial charge in [-0.25, -0.2) is 9.37 Å². The van der Waals surface area contributed by atoms with Crippen LogP contribution in [0.4, 0.5) is 10.1 Å². The van der Waals surface area contributed by atoms with Crippen LogP contribution in [-0.4, -0.2) is 17.8 Å². The topological polar surface area (TPSA) is 70.3 Å². The van der Waals surface area contributed by atoms with Gasteiger partial charge in [-0.2, -0.15) is 10.4 Å². The summed E-state index contributed by atoms with van der Waals surface area (Å²) in [5, 5.41) is 15.7. The third-order valence-corrected chi connectivity index (χ3v) is 4.19. The Morgan fingerprint density at radius 2 is 1.92 bits per heavy atom. The van der Waals surface area contributed by atoms with Gasteiger partial charge in [0.15, 0.2) is 10.7 Å². The zero-order valence-electron chi connectivity index (χ0n) is 13.2. The Labute approximate surface area is 148 Å². The Morgan fingerprint density at radius 1 is 1.20 bits per heavy atom. The van der Waals surface area contributed by atoms with Crippen molar-refractivity contribution >= 4 is 22.7 Å². The van der Waals surface area contributed by atoms with Crippen molar-refractivity contribution in [2.75, 3.05) is 12.5 Å². The Balaban J connectivity index is 1.79. The van der Waals surface area contributed by atoms with Crippen molar-refractivity contribution in [2.45, 2.75) is 0 Å². The van der Waals surface area contributed by atoms with Crippen LogP contribution >= 0.6 is 11.3 Å². The van der Waals surface area contributed by atoms with Gasteiger partial charge in [0, 0.05) is 10.9 Å². The second-order valence-corrected chi connectivity index (χ2v) is 5.82. The van der Waals surface area contributed by atoms with Crippen molar-refractivity contribution in [3.63, 3.8) is 0 Å². The van der Waals surface area contributed by atoms with E-state index in [-0.39, 0.29) is 11.5 Å². The average Bonchev–Trinajstić information content (AvgIpc) is 3.14. The number of halogens is 1. The number of anilines is 1. The highest BCUT2D eigenvalue weighted by atomic mass is 32.1. The van der Waals surface area contributed by atoms with Gasteiger partial charge in [-0.15, -0.1) is 11.3 Å². The summed E-state index contributed by atoms with van der Waals surface area (Å²) in [6.07, 6.45) is 0. The molecule has 3 aromatic rings. The summed E-state index contributed by atoms with van der Waals surface area (Å²) in [5.41, 5.74) is 5.16. The molecule has 0 saturated heterocycles. The van der Waals surface area contributed by atoms with Gasteiger partial charge in [-0.1, -0.05) is 0 Å². The molecule has 0 saturated carbocycles. The predicted octanol–water partition coefficient (Wildman–Crippen LogP) is 4.30. The molecule has 1 N–H and O–H groups in total. The second-order valence-electron chi connectivity index (χ2n) is 4.96. The van der Waals surface area contributed by atoms with Gasteiger partial charge in [-0.05, 0) is 48.5 Å². The number of benzene rings is 2. The summed E-state index contributed by atoms with van der Waals surface area (Å²) < 4.78 is 18.0. The molecule has 0 amide bonds. The van der Waals surface area contributed by atoms with Crippen LogP contribution in [0.3, 0.4) is 0 Å². The number of hydrogen-bond acceptors (Lipinski definition) is 6. The second kappa shape index (κ2) is 7.55. The number of nitrogens with zero attached hydrogens (tertiary/aromatic N) is 3. The highest BCUT2D eigenvalue weighted by Crippen LogP contribution is 2.24. The fourth-order valence-electron chi connectivity index (χ4n) is 2.04. The SMILES string of the molecule is COc1ccc(-c2csc(/C(C#N)=N\Nc3ccc(F)cc3)n2)cc1. The molecule has 0 radical (unpaired) electrons. The summed E-state index contributed by atoms with van der Waals surface area (Å²) in [6, 6.07) is 15.2. The van der Waals surface area contributed by atoms with Gasteiger partial charge >= 0.3 is 0 Å². The van der Waals surface area contributed by atoms with Crippen molar-refractivity contribution in [1.82, 2.24) is 4.98 Å². The standard InChI is InChI=1S/C18H13FN4OS/c1-24-15-8-2-12(3-9-15)17-11-25-18(21-17)16(10-20)23-22-14-6-4-13(19)5-7-14/h2-9,11,22H,1H3/b23-16-. The molecule has 0 unspecified atom stereocenters. The molecule has 0 fully saturated rings. The minimum atomic E-state index is -0.334. The van der Waals surface area contributed by atoms with Gasteiger partial charge in [0.1, 0.15) is 17.6 Å². The molecule has 0 aliphatic heterocycles. The number of aromatic nitrogens is 1. The number of methoxy groups -OCH3 is 1. The van der Waals surface area contributed by atoms with Crippen LogP contribution in [0.5, 0.6) is 5.75 Å². The van der Waals surface area contributed by atoms with Gasteiger partial charge in [0.25, 0.3) is 0 Å². The molecular formula is C18H13FN4OS. The van der Waals surface area contributed by atoms with Crippen LogP contribution in [0.15, 0.2) is 59.0 Å². The maximum Gasteiger partial charge on any atom is 0.196 e. The van der Waals surface area contributed by atoms with Crippen LogP contribution in [0.25, 0.3) is 11.3 Å². The molecule has 25 heavy (non-hydrogen) atoms. The molecule has 7 heteroatoms. The van der Waals surface area contributed by atoms with E-state index in [0.717, 1.165) is 17.0 Å². The van der Waals surface area contributed by atoms with Crippen molar-refractivity contribution in [2.24, 2.45) is 5.10 Å². The summed E-state index contributed by atoms with van der Waals surface area (Å²) in [4.78, 5) is 4.46. The number of hydrogen-bond donors (Lipinski definition) is 1. The quantitative estimate of drug-likeness (QED) is 0.549. The monoisotopic (exact) mass is 352 g/mol. The van der Waals surface area contributed by atoms with E-state index in [1.54, 1.807) is 19.2 Å². The van der Waals surface area contributed by atoms with E-state index in [9.17, 15) is 9.65 Å². The summed E-state index contributed by atoms with van der Waals surface area (Å²) in [5.74, 6) is 0.432. The Hall–Kier alpha value is -3.24. The van der Waals surface area contributed by atoms with Crippen molar-refractivity contribution < 1.29 is 9.13 Å². The van der Waals surface area contributed by atoms with Gasteiger partial charge in [-0.3, -0.25) is 5.43 Å². The molecule has 0 atom stereocenters. The molecule has 0 aliphatic rings. The lowest BCUT2D eigenvalue weighted by atomic mass is 10.2. The van der Waals surface area contributed by atoms with Gasteiger partial charge < -0.3 is 4.74 Å². The highest BCUT2D eigenvalue weighted by Gasteiger charge is 2.10. The number of hydrazone groups is 1. The van der Waals surface area contributed by atoms with Crippen LogP contribution < -0.4 is 10.2 Å². The number of nitrogens with one attached hydrogen (secondary N) is 1. The maximum atomic E-state index is 12.9. The zero-order chi connectivity index (χ0) is 17.6. The smallest absolute Gasteiger partial charge is 0.196 e. The minimum absolute atomic E-state index is 0.161. The Bertz CT molecular complexity index is 927. The van der Waals surface area contributed by atoms with Crippen molar-refractivity contribution in [3.05, 3.63) is 64.7 Å².